The van der Waals surface area contributed by atoms with Crippen molar-refractivity contribution < 1.29 is 31.6 Å². The van der Waals surface area contributed by atoms with E-state index in [1.807, 2.05) is 30.3 Å². The molecular formula is C31H27FN4O6S. The molecule has 0 radical (unpaired) electrons. The molecule has 0 aliphatic carbocycles. The van der Waals surface area contributed by atoms with E-state index in [0.29, 0.717) is 10.9 Å². The highest BCUT2D eigenvalue weighted by molar-refractivity contribution is 7.92. The average Bonchev–Trinajstić information content (AvgIpc) is 3.37. The number of sulfonamides is 1. The smallest absolute Gasteiger partial charge is 0.271 e. The molecule has 2 aromatic heterocycles. The molecule has 0 aliphatic rings. The number of nitrogens with zero attached hydrogens (tertiary/aromatic N) is 2. The zero-order chi connectivity index (χ0) is 30.9. The van der Waals surface area contributed by atoms with Crippen molar-refractivity contribution in [2.45, 2.75) is 6.61 Å². The van der Waals surface area contributed by atoms with Crippen molar-refractivity contribution in [1.29, 1.82) is 0 Å². The number of carbonyl (C=O) groups excluding carboxylic acids is 2. The number of furan rings is 1. The van der Waals surface area contributed by atoms with E-state index < -0.39 is 27.7 Å². The summed E-state index contributed by atoms with van der Waals surface area (Å²) >= 11 is 0. The molecule has 3 aromatic carbocycles. The lowest BCUT2D eigenvalue weighted by Gasteiger charge is -2.21. The summed E-state index contributed by atoms with van der Waals surface area (Å²) < 4.78 is 51.9. The van der Waals surface area contributed by atoms with Gasteiger partial charge in [0.2, 0.25) is 10.0 Å². The molecule has 2 heterocycles. The van der Waals surface area contributed by atoms with Crippen molar-refractivity contribution in [2.75, 3.05) is 24.7 Å². The number of hydrogen-bond acceptors (Lipinski definition) is 7. The van der Waals surface area contributed by atoms with Crippen LogP contribution in [0, 0.1) is 5.82 Å². The van der Waals surface area contributed by atoms with Gasteiger partial charge >= 0.3 is 0 Å². The summed E-state index contributed by atoms with van der Waals surface area (Å²) in [5, 5.41) is 2.93. The fraction of sp³-hybridized carbons (Fsp3) is 0.129. The Balaban J connectivity index is 1.72. The van der Waals surface area contributed by atoms with E-state index in [1.54, 1.807) is 12.1 Å². The minimum atomic E-state index is -3.78. The summed E-state index contributed by atoms with van der Waals surface area (Å²) in [7, 11) is -0.971. The second-order valence-electron chi connectivity index (χ2n) is 9.67. The number of pyridine rings is 1. The zero-order valence-electron chi connectivity index (χ0n) is 23.4. The van der Waals surface area contributed by atoms with Crippen LogP contribution in [0.1, 0.15) is 26.4 Å². The van der Waals surface area contributed by atoms with Gasteiger partial charge in [0.05, 0.1) is 23.2 Å². The largest absolute Gasteiger partial charge is 0.486 e. The standard InChI is InChI=1S/C31H27FN4O6S/c1-34-31(38)27-22-15-21(23-13-14-25(28(35-23)30(33)37)41-17-18-7-5-4-6-8-18)24(36(2)43(3,39)40)16-26(22)42-29(27)19-9-11-20(32)12-10-19/h4-16H,17H2,1-3H3,(H2,33,37)(H,34,38). The topological polar surface area (TPSA) is 145 Å². The molecule has 5 aromatic rings. The first-order valence-corrected chi connectivity index (χ1v) is 14.8. The SMILES string of the molecule is CNC(=O)c1c(-c2ccc(F)cc2)oc2cc(N(C)S(C)(=O)=O)c(-c3ccc(OCc4ccccc4)c(C(N)=O)n3)cc12. The van der Waals surface area contributed by atoms with Gasteiger partial charge in [0.1, 0.15) is 23.8 Å². The number of hydrogen-bond donors (Lipinski definition) is 2. The molecule has 0 saturated heterocycles. The molecule has 0 spiro atoms. The van der Waals surface area contributed by atoms with E-state index in [-0.39, 0.29) is 51.9 Å². The van der Waals surface area contributed by atoms with Crippen LogP contribution in [-0.2, 0) is 16.6 Å². The minimum absolute atomic E-state index is 0.146. The number of fused-ring (bicyclic) bond motifs is 1. The highest BCUT2D eigenvalue weighted by Gasteiger charge is 2.27. The van der Waals surface area contributed by atoms with Gasteiger partial charge in [-0.2, -0.15) is 0 Å². The summed E-state index contributed by atoms with van der Waals surface area (Å²) in [5.74, 6) is -1.49. The van der Waals surface area contributed by atoms with Crippen LogP contribution in [0.25, 0.3) is 33.6 Å². The lowest BCUT2D eigenvalue weighted by molar-refractivity contribution is 0.0962. The number of aromatic nitrogens is 1. The maximum absolute atomic E-state index is 13.7. The fourth-order valence-corrected chi connectivity index (χ4v) is 5.06. The number of nitrogens with two attached hydrogens (primary N) is 1. The van der Waals surface area contributed by atoms with Crippen LogP contribution in [0.5, 0.6) is 5.75 Å². The van der Waals surface area contributed by atoms with Gasteiger partial charge < -0.3 is 20.2 Å². The van der Waals surface area contributed by atoms with Crippen molar-refractivity contribution in [1.82, 2.24) is 10.3 Å². The number of rotatable bonds is 9. The Kier molecular flexibility index (Phi) is 7.87. The number of amides is 2. The number of anilines is 1. The molecule has 10 nitrogen and oxygen atoms in total. The van der Waals surface area contributed by atoms with E-state index in [4.69, 9.17) is 14.9 Å². The molecule has 0 atom stereocenters. The molecule has 0 fully saturated rings. The van der Waals surface area contributed by atoms with Gasteiger partial charge in [-0.1, -0.05) is 30.3 Å². The third-order valence-electron chi connectivity index (χ3n) is 6.81. The minimum Gasteiger partial charge on any atom is -0.486 e. The molecule has 0 unspecified atom stereocenters. The third kappa shape index (κ3) is 5.90. The van der Waals surface area contributed by atoms with Gasteiger partial charge in [0, 0.05) is 36.7 Å². The summed E-state index contributed by atoms with van der Waals surface area (Å²) in [6.45, 7) is 0.160. The maximum Gasteiger partial charge on any atom is 0.271 e. The highest BCUT2D eigenvalue weighted by Crippen LogP contribution is 2.41. The molecule has 2 amide bonds. The first kappa shape index (κ1) is 29.3. The van der Waals surface area contributed by atoms with Crippen molar-refractivity contribution in [3.05, 3.63) is 102 Å². The van der Waals surface area contributed by atoms with Crippen molar-refractivity contribution in [3.63, 3.8) is 0 Å². The van der Waals surface area contributed by atoms with Crippen molar-refractivity contribution in [3.8, 4) is 28.3 Å². The van der Waals surface area contributed by atoms with Crippen molar-refractivity contribution in [2.24, 2.45) is 5.73 Å². The van der Waals surface area contributed by atoms with Gasteiger partial charge in [-0.05, 0) is 48.0 Å². The van der Waals surface area contributed by atoms with Crippen LogP contribution in [0.15, 0.2) is 83.3 Å². The van der Waals surface area contributed by atoms with Crippen LogP contribution in [0.2, 0.25) is 0 Å². The first-order valence-electron chi connectivity index (χ1n) is 13.0. The quantitative estimate of drug-likeness (QED) is 0.248. The zero-order valence-corrected chi connectivity index (χ0v) is 24.2. The molecule has 43 heavy (non-hydrogen) atoms. The molecule has 3 N–H and O–H groups in total. The van der Waals surface area contributed by atoms with Gasteiger partial charge in [-0.15, -0.1) is 0 Å². The monoisotopic (exact) mass is 602 g/mol. The van der Waals surface area contributed by atoms with Gasteiger partial charge in [-0.25, -0.2) is 17.8 Å². The molecule has 0 aliphatic heterocycles. The van der Waals surface area contributed by atoms with Gasteiger partial charge in [0.15, 0.2) is 11.4 Å². The molecule has 5 rings (SSSR count). The van der Waals surface area contributed by atoms with E-state index in [0.717, 1.165) is 16.1 Å². The first-order chi connectivity index (χ1) is 20.5. The van der Waals surface area contributed by atoms with Gasteiger partial charge in [-0.3, -0.25) is 13.9 Å². The van der Waals surface area contributed by atoms with Gasteiger partial charge in [0.25, 0.3) is 11.8 Å². The Morgan fingerprint density at radius 1 is 1.05 bits per heavy atom. The predicted octanol–water partition coefficient (Wildman–Crippen LogP) is 4.73. The highest BCUT2D eigenvalue weighted by atomic mass is 32.2. The Morgan fingerprint density at radius 2 is 1.74 bits per heavy atom. The summed E-state index contributed by atoms with van der Waals surface area (Å²) in [6, 6.07) is 20.8. The van der Waals surface area contributed by atoms with E-state index >= 15 is 0 Å². The second kappa shape index (κ2) is 11.6. The van der Waals surface area contributed by atoms with Crippen LogP contribution in [0.4, 0.5) is 10.1 Å². The molecule has 0 bridgehead atoms. The van der Waals surface area contributed by atoms with E-state index in [9.17, 15) is 22.4 Å². The Bertz CT molecular complexity index is 1960. The van der Waals surface area contributed by atoms with Crippen LogP contribution in [-0.4, -0.2) is 45.6 Å². The Labute approximate surface area is 247 Å². The number of nitrogens with one attached hydrogen (secondary N) is 1. The average molecular weight is 603 g/mol. The summed E-state index contributed by atoms with van der Waals surface area (Å²) in [5.41, 5.74) is 7.79. The fourth-order valence-electron chi connectivity index (χ4n) is 4.56. The predicted molar refractivity (Wildman–Crippen MR) is 161 cm³/mol. The number of ether oxygens (including phenoxy) is 1. The lowest BCUT2D eigenvalue weighted by Crippen LogP contribution is -2.25. The Morgan fingerprint density at radius 3 is 2.37 bits per heavy atom. The number of halogens is 1. The molecule has 220 valence electrons. The van der Waals surface area contributed by atoms with Crippen LogP contribution >= 0.6 is 0 Å². The third-order valence-corrected chi connectivity index (χ3v) is 8.00. The second-order valence-corrected chi connectivity index (χ2v) is 11.7. The lowest BCUT2D eigenvalue weighted by atomic mass is 10.0. The summed E-state index contributed by atoms with van der Waals surface area (Å²) in [6.07, 6.45) is 1.03. The molecule has 12 heteroatoms. The Hall–Kier alpha value is -5.23. The molecule has 0 saturated carbocycles. The maximum atomic E-state index is 13.7. The number of carbonyl (C=O) groups is 2. The van der Waals surface area contributed by atoms with E-state index in [2.05, 4.69) is 10.3 Å². The van der Waals surface area contributed by atoms with Crippen LogP contribution < -0.4 is 20.1 Å². The summed E-state index contributed by atoms with van der Waals surface area (Å²) in [4.78, 5) is 30.0. The number of benzene rings is 3. The van der Waals surface area contributed by atoms with E-state index in [1.165, 1.54) is 50.5 Å². The normalized spacial score (nSPS) is 11.3. The molecular weight excluding hydrogens is 575 g/mol. The van der Waals surface area contributed by atoms with Crippen LogP contribution in [0.3, 0.4) is 0 Å². The number of primary amides is 1. The van der Waals surface area contributed by atoms with Crippen molar-refractivity contribution >= 4 is 38.5 Å².